The maximum Gasteiger partial charge on any atom is 0.337 e. The first-order valence-corrected chi connectivity index (χ1v) is 7.72. The SMILES string of the molecule is O=C(O)CCCC(O)c1ccccc1.O=C(O)c1ccccc1Cl. The van der Waals surface area contributed by atoms with Gasteiger partial charge in [-0.3, -0.25) is 4.79 Å². The molecule has 0 aliphatic carbocycles. The number of hydrogen-bond acceptors (Lipinski definition) is 3. The molecule has 2 rings (SSSR count). The van der Waals surface area contributed by atoms with Crippen molar-refractivity contribution < 1.29 is 24.9 Å². The van der Waals surface area contributed by atoms with Gasteiger partial charge in [-0.25, -0.2) is 4.79 Å². The lowest BCUT2D eigenvalue weighted by Gasteiger charge is -2.09. The number of aliphatic hydroxyl groups is 1. The molecule has 0 aromatic heterocycles. The fraction of sp³-hybridized carbons (Fsp3) is 0.222. The molecule has 128 valence electrons. The van der Waals surface area contributed by atoms with E-state index in [9.17, 15) is 14.7 Å². The van der Waals surface area contributed by atoms with Gasteiger partial charge >= 0.3 is 11.9 Å². The van der Waals surface area contributed by atoms with Gasteiger partial charge in [-0.1, -0.05) is 54.1 Å². The molecule has 1 unspecified atom stereocenters. The van der Waals surface area contributed by atoms with Crippen LogP contribution in [0.25, 0.3) is 0 Å². The molecule has 5 nitrogen and oxygen atoms in total. The van der Waals surface area contributed by atoms with Gasteiger partial charge in [-0.15, -0.1) is 0 Å². The van der Waals surface area contributed by atoms with Gasteiger partial charge in [0.05, 0.1) is 16.7 Å². The van der Waals surface area contributed by atoms with Crippen LogP contribution in [0.5, 0.6) is 0 Å². The molecular weight excluding hydrogens is 332 g/mol. The van der Waals surface area contributed by atoms with Crippen molar-refractivity contribution in [1.82, 2.24) is 0 Å². The van der Waals surface area contributed by atoms with Crippen molar-refractivity contribution in [3.05, 3.63) is 70.7 Å². The quantitative estimate of drug-likeness (QED) is 0.731. The van der Waals surface area contributed by atoms with Crippen LogP contribution in [0, 0.1) is 0 Å². The van der Waals surface area contributed by atoms with Crippen LogP contribution in [-0.2, 0) is 4.79 Å². The number of halogens is 1. The Morgan fingerprint density at radius 3 is 2.04 bits per heavy atom. The van der Waals surface area contributed by atoms with Gasteiger partial charge in [0.15, 0.2) is 0 Å². The fourth-order valence-electron chi connectivity index (χ4n) is 1.92. The van der Waals surface area contributed by atoms with Gasteiger partial charge < -0.3 is 15.3 Å². The standard InChI is InChI=1S/C11H14O3.C7H5ClO2/c12-10(7-4-8-11(13)14)9-5-2-1-3-6-9;8-6-4-2-1-3-5(6)7(9)10/h1-3,5-6,10,12H,4,7-8H2,(H,13,14);1-4H,(H,9,10). The molecule has 2 aromatic rings. The maximum atomic E-state index is 10.3. The first-order valence-electron chi connectivity index (χ1n) is 7.34. The molecule has 0 aliphatic rings. The van der Waals surface area contributed by atoms with Crippen LogP contribution in [0.15, 0.2) is 54.6 Å². The Morgan fingerprint density at radius 2 is 1.54 bits per heavy atom. The number of aliphatic hydroxyl groups excluding tert-OH is 1. The minimum atomic E-state index is -0.995. The Kier molecular flexibility index (Phi) is 8.54. The van der Waals surface area contributed by atoms with E-state index < -0.39 is 18.0 Å². The summed E-state index contributed by atoms with van der Waals surface area (Å²) in [4.78, 5) is 20.6. The maximum absolute atomic E-state index is 10.3. The zero-order valence-corrected chi connectivity index (χ0v) is 13.7. The van der Waals surface area contributed by atoms with E-state index in [1.807, 2.05) is 30.3 Å². The zero-order valence-electron chi connectivity index (χ0n) is 12.9. The van der Waals surface area contributed by atoms with Crippen molar-refractivity contribution in [2.75, 3.05) is 0 Å². The third-order valence-corrected chi connectivity index (χ3v) is 3.49. The molecular formula is C18H19ClO5. The van der Waals surface area contributed by atoms with Crippen molar-refractivity contribution in [3.63, 3.8) is 0 Å². The second kappa shape index (κ2) is 10.4. The van der Waals surface area contributed by atoms with Gasteiger partial charge in [0.1, 0.15) is 0 Å². The average molecular weight is 351 g/mol. The number of hydrogen-bond donors (Lipinski definition) is 3. The van der Waals surface area contributed by atoms with Crippen LogP contribution < -0.4 is 0 Å². The Bertz CT molecular complexity index is 657. The van der Waals surface area contributed by atoms with E-state index >= 15 is 0 Å². The van der Waals surface area contributed by atoms with E-state index in [4.69, 9.17) is 21.8 Å². The normalized spacial score (nSPS) is 11.1. The molecule has 2 aromatic carbocycles. The number of carboxylic acid groups (broad SMARTS) is 2. The predicted molar refractivity (Wildman–Crippen MR) is 91.3 cm³/mol. The summed E-state index contributed by atoms with van der Waals surface area (Å²) in [5.41, 5.74) is 0.988. The Labute approximate surface area is 145 Å². The molecule has 0 saturated carbocycles. The molecule has 0 aliphatic heterocycles. The Hall–Kier alpha value is -2.37. The monoisotopic (exact) mass is 350 g/mol. The van der Waals surface area contributed by atoms with Gasteiger partial charge in [0, 0.05) is 6.42 Å². The van der Waals surface area contributed by atoms with Gasteiger partial charge in [0.2, 0.25) is 0 Å². The van der Waals surface area contributed by atoms with Crippen LogP contribution in [0.4, 0.5) is 0 Å². The van der Waals surface area contributed by atoms with Gasteiger partial charge in [-0.05, 0) is 30.5 Å². The van der Waals surface area contributed by atoms with Crippen molar-refractivity contribution in [2.24, 2.45) is 0 Å². The van der Waals surface area contributed by atoms with Crippen molar-refractivity contribution in [1.29, 1.82) is 0 Å². The van der Waals surface area contributed by atoms with Gasteiger partial charge in [-0.2, -0.15) is 0 Å². The second-order valence-corrected chi connectivity index (χ2v) is 5.40. The summed E-state index contributed by atoms with van der Waals surface area (Å²) in [5.74, 6) is -1.81. The summed E-state index contributed by atoms with van der Waals surface area (Å²) in [7, 11) is 0. The lowest BCUT2D eigenvalue weighted by Crippen LogP contribution is -2.00. The van der Waals surface area contributed by atoms with E-state index in [2.05, 4.69) is 0 Å². The molecule has 0 saturated heterocycles. The number of carboxylic acids is 2. The minimum absolute atomic E-state index is 0.115. The molecule has 0 radical (unpaired) electrons. The van der Waals surface area contributed by atoms with Crippen molar-refractivity contribution in [2.45, 2.75) is 25.4 Å². The van der Waals surface area contributed by atoms with Crippen molar-refractivity contribution >= 4 is 23.5 Å². The fourth-order valence-corrected chi connectivity index (χ4v) is 2.14. The summed E-state index contributed by atoms with van der Waals surface area (Å²) in [5, 5.41) is 26.8. The molecule has 24 heavy (non-hydrogen) atoms. The molecule has 6 heteroatoms. The van der Waals surface area contributed by atoms with Crippen molar-refractivity contribution in [3.8, 4) is 0 Å². The van der Waals surface area contributed by atoms with Crippen LogP contribution in [0.2, 0.25) is 5.02 Å². The minimum Gasteiger partial charge on any atom is -0.481 e. The number of carbonyl (C=O) groups is 2. The Morgan fingerprint density at radius 1 is 0.958 bits per heavy atom. The first kappa shape index (κ1) is 19.7. The van der Waals surface area contributed by atoms with Crippen LogP contribution in [0.3, 0.4) is 0 Å². The lowest BCUT2D eigenvalue weighted by molar-refractivity contribution is -0.137. The van der Waals surface area contributed by atoms with Gasteiger partial charge in [0.25, 0.3) is 0 Å². The third kappa shape index (κ3) is 7.26. The lowest BCUT2D eigenvalue weighted by atomic mass is 10.0. The summed E-state index contributed by atoms with van der Waals surface area (Å²) in [6.07, 6.45) is 0.571. The highest BCUT2D eigenvalue weighted by Crippen LogP contribution is 2.18. The summed E-state index contributed by atoms with van der Waals surface area (Å²) < 4.78 is 0. The van der Waals surface area contributed by atoms with E-state index in [0.717, 1.165) is 5.56 Å². The molecule has 0 spiro atoms. The number of benzene rings is 2. The Balaban J connectivity index is 0.000000254. The summed E-state index contributed by atoms with van der Waals surface area (Å²) in [6, 6.07) is 15.6. The smallest absolute Gasteiger partial charge is 0.337 e. The largest absolute Gasteiger partial charge is 0.481 e. The van der Waals surface area contributed by atoms with Crippen LogP contribution in [0.1, 0.15) is 41.3 Å². The van der Waals surface area contributed by atoms with E-state index in [-0.39, 0.29) is 17.0 Å². The zero-order chi connectivity index (χ0) is 17.9. The molecule has 0 fully saturated rings. The predicted octanol–water partition coefficient (Wildman–Crippen LogP) is 4.01. The first-order chi connectivity index (χ1) is 11.4. The molecule has 3 N–H and O–H groups in total. The topological polar surface area (TPSA) is 94.8 Å². The second-order valence-electron chi connectivity index (χ2n) is 5.00. The van der Waals surface area contributed by atoms with E-state index in [1.165, 1.54) is 6.07 Å². The molecule has 0 bridgehead atoms. The summed E-state index contributed by atoms with van der Waals surface area (Å²) >= 11 is 5.54. The highest BCUT2D eigenvalue weighted by atomic mass is 35.5. The van der Waals surface area contributed by atoms with E-state index in [1.54, 1.807) is 18.2 Å². The van der Waals surface area contributed by atoms with Crippen LogP contribution in [-0.4, -0.2) is 27.3 Å². The molecule has 0 amide bonds. The average Bonchev–Trinajstić information content (AvgIpc) is 2.56. The highest BCUT2D eigenvalue weighted by molar-refractivity contribution is 6.33. The van der Waals surface area contributed by atoms with Crippen LogP contribution >= 0.6 is 11.6 Å². The summed E-state index contributed by atoms with van der Waals surface area (Å²) in [6.45, 7) is 0. The number of aliphatic carboxylic acids is 1. The molecule has 0 heterocycles. The van der Waals surface area contributed by atoms with E-state index in [0.29, 0.717) is 12.8 Å². The number of rotatable bonds is 6. The number of aromatic carboxylic acids is 1. The third-order valence-electron chi connectivity index (χ3n) is 3.16. The molecule has 1 atom stereocenters. The highest BCUT2D eigenvalue weighted by Gasteiger charge is 2.07.